The van der Waals surface area contributed by atoms with E-state index in [-0.39, 0.29) is 5.97 Å². The molecule has 1 N–H and O–H groups in total. The summed E-state index contributed by atoms with van der Waals surface area (Å²) in [4.78, 5) is 20.4. The van der Waals surface area contributed by atoms with Crippen molar-refractivity contribution in [2.24, 2.45) is 0 Å². The van der Waals surface area contributed by atoms with Crippen LogP contribution in [-0.4, -0.2) is 39.1 Å². The van der Waals surface area contributed by atoms with Gasteiger partial charge in [-0.3, -0.25) is 0 Å². The van der Waals surface area contributed by atoms with Gasteiger partial charge in [-0.25, -0.2) is 4.79 Å². The van der Waals surface area contributed by atoms with Gasteiger partial charge in [0.15, 0.2) is 0 Å². The van der Waals surface area contributed by atoms with Gasteiger partial charge in [0.2, 0.25) is 5.60 Å². The minimum atomic E-state index is -1.01. The molecule has 0 amide bonds. The van der Waals surface area contributed by atoms with Crippen LogP contribution in [-0.2, 0) is 10.3 Å². The Labute approximate surface area is 165 Å². The molecule has 1 aliphatic rings. The molecule has 5 nitrogen and oxygen atoms in total. The number of hydrogen-bond donors (Lipinski definition) is 1. The fourth-order valence-corrected chi connectivity index (χ4v) is 4.04. The summed E-state index contributed by atoms with van der Waals surface area (Å²) in [5, 5.41) is 0. The van der Waals surface area contributed by atoms with E-state index in [2.05, 4.69) is 16.0 Å². The number of benzene rings is 2. The lowest BCUT2D eigenvalue weighted by atomic mass is 9.80. The molecule has 28 heavy (non-hydrogen) atoms. The first-order valence-corrected chi connectivity index (χ1v) is 9.32. The average Bonchev–Trinajstić information content (AvgIpc) is 3.23. The Morgan fingerprint density at radius 2 is 1.68 bits per heavy atom. The maximum atomic E-state index is 13.0. The monoisotopic (exact) mass is 375 g/mol. The maximum Gasteiger partial charge on any atom is 0.340 e. The van der Waals surface area contributed by atoms with E-state index < -0.39 is 5.60 Å². The summed E-state index contributed by atoms with van der Waals surface area (Å²) >= 11 is 0. The highest BCUT2D eigenvalue weighted by Crippen LogP contribution is 2.50. The number of ether oxygens (including phenoxy) is 1. The number of hydrogen-bond acceptors (Lipinski definition) is 4. The Hall–Kier alpha value is -3.21. The number of fused-ring (bicyclic) bond motifs is 1. The van der Waals surface area contributed by atoms with E-state index >= 15 is 0 Å². The number of aromatic nitrogens is 1. The molecule has 0 radical (unpaired) electrons. The van der Waals surface area contributed by atoms with Gasteiger partial charge in [-0.1, -0.05) is 24.3 Å². The van der Waals surface area contributed by atoms with Crippen molar-refractivity contribution in [3.8, 4) is 0 Å². The molecule has 5 heteroatoms. The second-order valence-corrected chi connectivity index (χ2v) is 7.64. The lowest BCUT2D eigenvalue weighted by Gasteiger charge is -2.33. The van der Waals surface area contributed by atoms with Crippen LogP contribution in [0.5, 0.6) is 0 Å². The predicted molar refractivity (Wildman–Crippen MR) is 112 cm³/mol. The van der Waals surface area contributed by atoms with E-state index in [4.69, 9.17) is 4.74 Å². The summed E-state index contributed by atoms with van der Waals surface area (Å²) < 4.78 is 6.24. The standard InChI is InChI=1S/C23H25N3O2/c1-15-12-13-24-21(15)23(19-8-6-7-9-20(19)26(4)5)18-11-10-16(25(2)3)14-17(18)22(27)28-23/h6-14,24H,1-5H3. The van der Waals surface area contributed by atoms with Crippen molar-refractivity contribution in [2.75, 3.05) is 38.0 Å². The lowest BCUT2D eigenvalue weighted by Crippen LogP contribution is -2.32. The van der Waals surface area contributed by atoms with Gasteiger partial charge in [-0.15, -0.1) is 0 Å². The number of carbonyl (C=O) groups excluding carboxylic acids is 1. The minimum Gasteiger partial charge on any atom is -0.439 e. The molecule has 2 aromatic carbocycles. The van der Waals surface area contributed by atoms with Gasteiger partial charge in [-0.2, -0.15) is 0 Å². The van der Waals surface area contributed by atoms with Gasteiger partial charge in [0.25, 0.3) is 0 Å². The highest BCUT2D eigenvalue weighted by atomic mass is 16.6. The number of nitrogens with zero attached hydrogens (tertiary/aromatic N) is 2. The second kappa shape index (κ2) is 6.44. The summed E-state index contributed by atoms with van der Waals surface area (Å²) in [7, 11) is 7.93. The number of aromatic amines is 1. The number of esters is 1. The molecular formula is C23H25N3O2. The Balaban J connectivity index is 2.08. The average molecular weight is 375 g/mol. The van der Waals surface area contributed by atoms with Crippen molar-refractivity contribution in [1.82, 2.24) is 4.98 Å². The molecule has 1 aliphatic heterocycles. The summed E-state index contributed by atoms with van der Waals surface area (Å²) in [6, 6.07) is 16.1. The number of cyclic esters (lactones) is 1. The van der Waals surface area contributed by atoms with Crippen molar-refractivity contribution in [3.63, 3.8) is 0 Å². The molecule has 0 spiro atoms. The summed E-state index contributed by atoms with van der Waals surface area (Å²) in [6.45, 7) is 2.03. The number of rotatable bonds is 4. The highest BCUT2D eigenvalue weighted by molar-refractivity contribution is 5.97. The first-order chi connectivity index (χ1) is 13.4. The molecule has 1 unspecified atom stereocenters. The number of carbonyl (C=O) groups is 1. The van der Waals surface area contributed by atoms with Crippen LogP contribution in [0.4, 0.5) is 11.4 Å². The zero-order valence-electron chi connectivity index (χ0n) is 16.9. The molecule has 0 saturated carbocycles. The molecule has 1 atom stereocenters. The van der Waals surface area contributed by atoms with Crippen LogP contribution in [0.3, 0.4) is 0 Å². The zero-order chi connectivity index (χ0) is 20.1. The molecule has 144 valence electrons. The van der Waals surface area contributed by atoms with E-state index in [1.54, 1.807) is 0 Å². The van der Waals surface area contributed by atoms with Crippen molar-refractivity contribution in [1.29, 1.82) is 0 Å². The second-order valence-electron chi connectivity index (χ2n) is 7.64. The van der Waals surface area contributed by atoms with Gasteiger partial charge in [0.05, 0.1) is 11.3 Å². The van der Waals surface area contributed by atoms with Gasteiger partial charge < -0.3 is 19.5 Å². The van der Waals surface area contributed by atoms with Crippen LogP contribution >= 0.6 is 0 Å². The molecule has 1 aromatic heterocycles. The van der Waals surface area contributed by atoms with Gasteiger partial charge in [-0.05, 0) is 36.8 Å². The number of aryl methyl sites for hydroxylation is 1. The van der Waals surface area contributed by atoms with Crippen LogP contribution in [0.25, 0.3) is 0 Å². The lowest BCUT2D eigenvalue weighted by molar-refractivity contribution is 0.0240. The Morgan fingerprint density at radius 3 is 2.32 bits per heavy atom. The molecule has 0 aliphatic carbocycles. The van der Waals surface area contributed by atoms with E-state index in [0.29, 0.717) is 5.56 Å². The first-order valence-electron chi connectivity index (χ1n) is 9.32. The zero-order valence-corrected chi connectivity index (χ0v) is 16.9. The summed E-state index contributed by atoms with van der Waals surface area (Å²) in [5.41, 5.74) is 5.31. The van der Waals surface area contributed by atoms with Crippen molar-refractivity contribution in [2.45, 2.75) is 12.5 Å². The Morgan fingerprint density at radius 1 is 0.929 bits per heavy atom. The fourth-order valence-electron chi connectivity index (χ4n) is 4.04. The molecule has 0 saturated heterocycles. The van der Waals surface area contributed by atoms with Crippen LogP contribution < -0.4 is 9.80 Å². The molecule has 0 fully saturated rings. The van der Waals surface area contributed by atoms with Crippen LogP contribution in [0.2, 0.25) is 0 Å². The fraction of sp³-hybridized carbons (Fsp3) is 0.261. The SMILES string of the molecule is Cc1cc[nH]c1C1(c2ccccc2N(C)C)OC(=O)c2cc(N(C)C)ccc21. The van der Waals surface area contributed by atoms with Crippen LogP contribution in [0, 0.1) is 6.92 Å². The summed E-state index contributed by atoms with van der Waals surface area (Å²) in [5.74, 6) is -0.304. The van der Waals surface area contributed by atoms with Gasteiger partial charge in [0, 0.05) is 56.9 Å². The largest absolute Gasteiger partial charge is 0.439 e. The quantitative estimate of drug-likeness (QED) is 0.702. The number of H-pyrrole nitrogens is 1. The molecule has 4 rings (SSSR count). The number of para-hydroxylation sites is 1. The van der Waals surface area contributed by atoms with Crippen LogP contribution in [0.1, 0.15) is 32.7 Å². The maximum absolute atomic E-state index is 13.0. The normalized spacial score (nSPS) is 18.0. The number of anilines is 2. The third kappa shape index (κ3) is 2.50. The van der Waals surface area contributed by atoms with Crippen molar-refractivity contribution in [3.05, 3.63) is 82.7 Å². The van der Waals surface area contributed by atoms with E-state index in [1.165, 1.54) is 0 Å². The molecular weight excluding hydrogens is 350 g/mol. The Bertz CT molecular complexity index is 1050. The van der Waals surface area contributed by atoms with E-state index in [0.717, 1.165) is 33.8 Å². The number of nitrogens with one attached hydrogen (secondary N) is 1. The third-order valence-electron chi connectivity index (χ3n) is 5.44. The van der Waals surface area contributed by atoms with Crippen molar-refractivity contribution >= 4 is 17.3 Å². The molecule has 3 aromatic rings. The van der Waals surface area contributed by atoms with E-state index in [9.17, 15) is 4.79 Å². The van der Waals surface area contributed by atoms with Crippen molar-refractivity contribution < 1.29 is 9.53 Å². The first kappa shape index (κ1) is 18.2. The van der Waals surface area contributed by atoms with Crippen LogP contribution in [0.15, 0.2) is 54.7 Å². The Kier molecular flexibility index (Phi) is 4.18. The third-order valence-corrected chi connectivity index (χ3v) is 5.44. The summed E-state index contributed by atoms with van der Waals surface area (Å²) in [6.07, 6.45) is 1.89. The topological polar surface area (TPSA) is 48.6 Å². The van der Waals surface area contributed by atoms with E-state index in [1.807, 2.05) is 88.7 Å². The van der Waals surface area contributed by atoms with Gasteiger partial charge in [0.1, 0.15) is 0 Å². The molecule has 0 bridgehead atoms. The molecule has 2 heterocycles. The smallest absolute Gasteiger partial charge is 0.340 e. The highest BCUT2D eigenvalue weighted by Gasteiger charge is 2.51. The minimum absolute atomic E-state index is 0.304. The van der Waals surface area contributed by atoms with Gasteiger partial charge >= 0.3 is 5.97 Å². The predicted octanol–water partition coefficient (Wildman–Crippen LogP) is 3.92.